The number of aryl methyl sites for hydroxylation is 1. The van der Waals surface area contributed by atoms with Crippen molar-refractivity contribution in [2.45, 2.75) is 26.8 Å². The highest BCUT2D eigenvalue weighted by Crippen LogP contribution is 2.23. The van der Waals surface area contributed by atoms with Gasteiger partial charge in [-0.25, -0.2) is 9.59 Å². The maximum absolute atomic E-state index is 12.1. The molecule has 1 unspecified atom stereocenters. The summed E-state index contributed by atoms with van der Waals surface area (Å²) < 4.78 is 5.07. The number of esters is 1. The van der Waals surface area contributed by atoms with Gasteiger partial charge in [-0.15, -0.1) is 0 Å². The van der Waals surface area contributed by atoms with Crippen molar-refractivity contribution in [2.75, 3.05) is 6.61 Å². The highest BCUT2D eigenvalue weighted by Gasteiger charge is 2.30. The molecule has 2 rings (SSSR count). The number of carbonyl (C=O) groups excluding carboxylic acids is 2. The van der Waals surface area contributed by atoms with Crippen molar-refractivity contribution in [2.24, 2.45) is 0 Å². The lowest BCUT2D eigenvalue weighted by atomic mass is 9.98. The summed E-state index contributed by atoms with van der Waals surface area (Å²) in [5, 5.41) is 5.37. The second kappa shape index (κ2) is 5.77. The first kappa shape index (κ1) is 14.1. The first-order valence-corrected chi connectivity index (χ1v) is 6.58. The van der Waals surface area contributed by atoms with Crippen LogP contribution in [-0.2, 0) is 9.53 Å². The quantitative estimate of drug-likeness (QED) is 0.828. The third-order valence-corrected chi connectivity index (χ3v) is 3.12. The average Bonchev–Trinajstić information content (AvgIpc) is 2.38. The van der Waals surface area contributed by atoms with E-state index in [4.69, 9.17) is 4.74 Å². The molecule has 20 heavy (non-hydrogen) atoms. The van der Waals surface area contributed by atoms with Crippen LogP contribution in [0.15, 0.2) is 29.8 Å². The fraction of sp³-hybridized carbons (Fsp3) is 0.333. The van der Waals surface area contributed by atoms with Crippen LogP contribution in [0.4, 0.5) is 4.79 Å². The molecule has 0 spiro atoms. The lowest BCUT2D eigenvalue weighted by molar-refractivity contribution is -0.138. The minimum atomic E-state index is -0.414. The van der Waals surface area contributed by atoms with E-state index in [2.05, 4.69) is 10.6 Å². The number of amides is 2. The summed E-state index contributed by atoms with van der Waals surface area (Å²) in [6, 6.07) is 6.92. The number of rotatable bonds is 3. The number of hydrogen-bond donors (Lipinski definition) is 2. The Morgan fingerprint density at radius 3 is 2.55 bits per heavy atom. The number of ether oxygens (including phenoxy) is 1. The lowest BCUT2D eigenvalue weighted by Crippen LogP contribution is -2.48. The lowest BCUT2D eigenvalue weighted by Gasteiger charge is -2.26. The molecule has 2 N–H and O–H groups in total. The maximum Gasteiger partial charge on any atom is 0.338 e. The smallest absolute Gasteiger partial charge is 0.338 e. The Morgan fingerprint density at radius 1 is 1.30 bits per heavy atom. The molecule has 1 aromatic carbocycles. The van der Waals surface area contributed by atoms with Gasteiger partial charge in [-0.05, 0) is 26.3 Å². The van der Waals surface area contributed by atoms with E-state index >= 15 is 0 Å². The molecule has 0 saturated carbocycles. The largest absolute Gasteiger partial charge is 0.463 e. The van der Waals surface area contributed by atoms with Crippen molar-refractivity contribution >= 4 is 17.7 Å². The highest BCUT2D eigenvalue weighted by atomic mass is 16.5. The Morgan fingerprint density at radius 2 is 1.95 bits per heavy atom. The molecule has 0 bridgehead atoms. The van der Waals surface area contributed by atoms with Gasteiger partial charge < -0.3 is 15.4 Å². The van der Waals surface area contributed by atoms with Crippen LogP contribution >= 0.6 is 0 Å². The average molecular weight is 274 g/mol. The van der Waals surface area contributed by atoms with Gasteiger partial charge in [0, 0.05) is 0 Å². The second-order valence-electron chi connectivity index (χ2n) is 4.70. The van der Waals surface area contributed by atoms with Crippen molar-refractivity contribution in [1.29, 1.82) is 0 Å². The van der Waals surface area contributed by atoms with Gasteiger partial charge >= 0.3 is 12.0 Å². The molecule has 5 nitrogen and oxygen atoms in total. The van der Waals surface area contributed by atoms with Crippen LogP contribution in [-0.4, -0.2) is 24.6 Å². The van der Waals surface area contributed by atoms with Gasteiger partial charge in [0.2, 0.25) is 0 Å². The van der Waals surface area contributed by atoms with Crippen molar-refractivity contribution in [3.05, 3.63) is 41.0 Å². The molecule has 0 fully saturated rings. The molecule has 0 aromatic heterocycles. The molecule has 106 valence electrons. The molecule has 0 saturated heterocycles. The Kier molecular flexibility index (Phi) is 4.08. The van der Waals surface area contributed by atoms with Gasteiger partial charge in [0.1, 0.15) is 0 Å². The molecule has 2 amide bonds. The molecule has 1 aliphatic heterocycles. The molecule has 1 aliphatic rings. The van der Waals surface area contributed by atoms with Crippen LogP contribution in [0.5, 0.6) is 0 Å². The number of carbonyl (C=O) groups is 2. The van der Waals surface area contributed by atoms with Gasteiger partial charge in [0.15, 0.2) is 0 Å². The Hall–Kier alpha value is -2.30. The van der Waals surface area contributed by atoms with Crippen LogP contribution in [0.3, 0.4) is 0 Å². The number of benzene rings is 1. The van der Waals surface area contributed by atoms with Gasteiger partial charge in [-0.2, -0.15) is 0 Å². The number of nitrogens with one attached hydrogen (secondary N) is 2. The zero-order valence-corrected chi connectivity index (χ0v) is 11.8. The predicted molar refractivity (Wildman–Crippen MR) is 75.9 cm³/mol. The van der Waals surface area contributed by atoms with Crippen LogP contribution < -0.4 is 10.6 Å². The van der Waals surface area contributed by atoms with Crippen LogP contribution in [0.25, 0.3) is 5.70 Å². The van der Waals surface area contributed by atoms with E-state index in [1.54, 1.807) is 13.8 Å². The minimum Gasteiger partial charge on any atom is -0.463 e. The van der Waals surface area contributed by atoms with E-state index in [0.29, 0.717) is 17.9 Å². The Balaban J connectivity index is 2.50. The van der Waals surface area contributed by atoms with Crippen LogP contribution in [0.1, 0.15) is 25.0 Å². The number of urea groups is 1. The molecule has 1 atom stereocenters. The fourth-order valence-electron chi connectivity index (χ4n) is 2.14. The Bertz CT molecular complexity index is 561. The molecular weight excluding hydrogens is 256 g/mol. The Labute approximate surface area is 118 Å². The zero-order chi connectivity index (χ0) is 14.7. The van der Waals surface area contributed by atoms with Crippen molar-refractivity contribution in [3.8, 4) is 0 Å². The summed E-state index contributed by atoms with van der Waals surface area (Å²) in [5.41, 5.74) is 2.86. The number of hydrogen-bond acceptors (Lipinski definition) is 3. The summed E-state index contributed by atoms with van der Waals surface area (Å²) in [6.07, 6.45) is 0. The topological polar surface area (TPSA) is 67.4 Å². The highest BCUT2D eigenvalue weighted by molar-refractivity contribution is 6.04. The summed E-state index contributed by atoms with van der Waals surface area (Å²) in [4.78, 5) is 23.7. The third-order valence-electron chi connectivity index (χ3n) is 3.12. The van der Waals surface area contributed by atoms with Crippen molar-refractivity contribution < 1.29 is 14.3 Å². The summed E-state index contributed by atoms with van der Waals surface area (Å²) in [7, 11) is 0. The van der Waals surface area contributed by atoms with Gasteiger partial charge in [0.25, 0.3) is 0 Å². The van der Waals surface area contributed by atoms with Gasteiger partial charge in [-0.1, -0.05) is 29.8 Å². The maximum atomic E-state index is 12.1. The van der Waals surface area contributed by atoms with Crippen LogP contribution in [0.2, 0.25) is 0 Å². The first-order chi connectivity index (χ1) is 9.52. The summed E-state index contributed by atoms with van der Waals surface area (Å²) in [6.45, 7) is 5.79. The molecule has 0 aliphatic carbocycles. The van der Waals surface area contributed by atoms with E-state index in [0.717, 1.165) is 11.1 Å². The fourth-order valence-corrected chi connectivity index (χ4v) is 2.14. The minimum absolute atomic E-state index is 0.296. The van der Waals surface area contributed by atoms with E-state index in [1.165, 1.54) is 0 Å². The molecular formula is C15H18N2O3. The van der Waals surface area contributed by atoms with Gasteiger partial charge in [-0.3, -0.25) is 0 Å². The predicted octanol–water partition coefficient (Wildman–Crippen LogP) is 1.97. The standard InChI is InChI=1S/C15H18N2O3/c1-4-20-14(18)12-10(3)16-15(19)17-13(12)11-7-5-9(2)6-8-11/h5-8,10H,4H2,1-3H3,(H2,16,17,19). The molecule has 1 aromatic rings. The SMILES string of the molecule is CCOC(=O)C1=C(c2ccc(C)cc2)NC(=O)NC1C. The summed E-state index contributed by atoms with van der Waals surface area (Å²) >= 11 is 0. The van der Waals surface area contributed by atoms with Gasteiger partial charge in [0.05, 0.1) is 23.9 Å². The molecule has 5 heteroatoms. The van der Waals surface area contributed by atoms with Crippen molar-refractivity contribution in [1.82, 2.24) is 10.6 Å². The molecule has 1 heterocycles. The summed E-state index contributed by atoms with van der Waals surface area (Å²) in [5.74, 6) is -0.414. The first-order valence-electron chi connectivity index (χ1n) is 6.58. The van der Waals surface area contributed by atoms with Crippen LogP contribution in [0, 0.1) is 6.92 Å². The normalized spacial score (nSPS) is 18.4. The van der Waals surface area contributed by atoms with E-state index in [1.807, 2.05) is 31.2 Å². The van der Waals surface area contributed by atoms with E-state index < -0.39 is 5.97 Å². The molecule has 0 radical (unpaired) electrons. The van der Waals surface area contributed by atoms with E-state index in [9.17, 15) is 9.59 Å². The third kappa shape index (κ3) is 2.82. The zero-order valence-electron chi connectivity index (χ0n) is 11.8. The second-order valence-corrected chi connectivity index (χ2v) is 4.70. The van der Waals surface area contributed by atoms with Crippen molar-refractivity contribution in [3.63, 3.8) is 0 Å². The van der Waals surface area contributed by atoms with E-state index in [-0.39, 0.29) is 12.1 Å². The monoisotopic (exact) mass is 274 g/mol.